The van der Waals surface area contributed by atoms with E-state index in [1.807, 2.05) is 31.3 Å². The van der Waals surface area contributed by atoms with Crippen LogP contribution in [-0.4, -0.2) is 28.3 Å². The van der Waals surface area contributed by atoms with Gasteiger partial charge in [0.25, 0.3) is 5.91 Å². The zero-order valence-corrected chi connectivity index (χ0v) is 15.7. The van der Waals surface area contributed by atoms with Gasteiger partial charge in [-0.3, -0.25) is 9.59 Å². The summed E-state index contributed by atoms with van der Waals surface area (Å²) in [5, 5.41) is 9.40. The largest absolute Gasteiger partial charge is 0.361 e. The van der Waals surface area contributed by atoms with Crippen LogP contribution in [0.1, 0.15) is 47.4 Å². The molecule has 0 aliphatic rings. The normalized spacial score (nSPS) is 12.1. The number of para-hydroxylation sites is 1. The third-order valence-corrected chi connectivity index (χ3v) is 5.21. The van der Waals surface area contributed by atoms with E-state index >= 15 is 0 Å². The number of amides is 2. The summed E-state index contributed by atoms with van der Waals surface area (Å²) in [6.45, 7) is 4.21. The van der Waals surface area contributed by atoms with Crippen LogP contribution in [-0.2, 0) is 11.2 Å². The Kier molecular flexibility index (Phi) is 5.68. The monoisotopic (exact) mass is 370 g/mol. The molecule has 0 unspecified atom stereocenters. The third-order valence-electron chi connectivity index (χ3n) is 4.18. The van der Waals surface area contributed by atoms with E-state index in [4.69, 9.17) is 0 Å². The first-order valence-corrected chi connectivity index (χ1v) is 9.54. The second-order valence-electron chi connectivity index (χ2n) is 6.08. The van der Waals surface area contributed by atoms with Crippen molar-refractivity contribution in [3.63, 3.8) is 0 Å². The van der Waals surface area contributed by atoms with Gasteiger partial charge < -0.3 is 15.6 Å². The van der Waals surface area contributed by atoms with Crippen LogP contribution in [0, 0.1) is 0 Å². The molecule has 2 aromatic heterocycles. The summed E-state index contributed by atoms with van der Waals surface area (Å²) in [5.41, 5.74) is 2.67. The maximum Gasteiger partial charge on any atom is 0.270 e. The van der Waals surface area contributed by atoms with Gasteiger partial charge in [0.2, 0.25) is 5.91 Å². The zero-order valence-electron chi connectivity index (χ0n) is 14.8. The molecule has 0 saturated carbocycles. The molecule has 3 rings (SSSR count). The van der Waals surface area contributed by atoms with Crippen molar-refractivity contribution in [2.45, 2.75) is 32.7 Å². The van der Waals surface area contributed by atoms with Crippen LogP contribution in [0.15, 0.2) is 35.8 Å². The number of nitrogens with one attached hydrogen (secondary N) is 3. The molecule has 26 heavy (non-hydrogen) atoms. The van der Waals surface area contributed by atoms with Crippen molar-refractivity contribution in [2.24, 2.45) is 0 Å². The number of benzene rings is 1. The highest BCUT2D eigenvalue weighted by molar-refractivity contribution is 7.09. The lowest BCUT2D eigenvalue weighted by molar-refractivity contribution is -0.121. The van der Waals surface area contributed by atoms with E-state index in [2.05, 4.69) is 26.7 Å². The lowest BCUT2D eigenvalue weighted by atomic mass is 10.1. The van der Waals surface area contributed by atoms with E-state index in [0.29, 0.717) is 18.7 Å². The Hall–Kier alpha value is -2.67. The Labute approximate surface area is 156 Å². The number of fused-ring (bicyclic) bond motifs is 1. The van der Waals surface area contributed by atoms with E-state index in [-0.39, 0.29) is 17.9 Å². The SMILES string of the molecule is CCC(=O)N[C@@H](C)c1nc(C(=O)NCCc2c[nH]c3ccccc23)cs1. The van der Waals surface area contributed by atoms with Gasteiger partial charge in [0, 0.05) is 35.4 Å². The molecule has 2 amide bonds. The fourth-order valence-corrected chi connectivity index (χ4v) is 3.54. The van der Waals surface area contributed by atoms with Gasteiger partial charge in [-0.25, -0.2) is 4.98 Å². The van der Waals surface area contributed by atoms with Crippen LogP contribution in [0.5, 0.6) is 0 Å². The number of hydrogen-bond donors (Lipinski definition) is 3. The molecule has 7 heteroatoms. The molecule has 0 aliphatic carbocycles. The minimum atomic E-state index is -0.194. The summed E-state index contributed by atoms with van der Waals surface area (Å²) in [6, 6.07) is 7.91. The highest BCUT2D eigenvalue weighted by Gasteiger charge is 2.16. The van der Waals surface area contributed by atoms with Crippen molar-refractivity contribution in [2.75, 3.05) is 6.54 Å². The number of hydrogen-bond acceptors (Lipinski definition) is 4. The molecule has 6 nitrogen and oxygen atoms in total. The summed E-state index contributed by atoms with van der Waals surface area (Å²) in [6.07, 6.45) is 3.16. The molecule has 0 spiro atoms. The summed E-state index contributed by atoms with van der Waals surface area (Å²) in [5.74, 6) is -0.223. The lowest BCUT2D eigenvalue weighted by Gasteiger charge is -2.09. The molecule has 2 heterocycles. The number of carbonyl (C=O) groups excluding carboxylic acids is 2. The molecule has 136 valence electrons. The van der Waals surface area contributed by atoms with Gasteiger partial charge in [0.05, 0.1) is 6.04 Å². The smallest absolute Gasteiger partial charge is 0.270 e. The average Bonchev–Trinajstić information content (AvgIpc) is 3.29. The van der Waals surface area contributed by atoms with Crippen LogP contribution >= 0.6 is 11.3 Å². The van der Waals surface area contributed by atoms with Crippen molar-refractivity contribution in [3.05, 3.63) is 52.1 Å². The second-order valence-corrected chi connectivity index (χ2v) is 6.97. The molecule has 3 aromatic rings. The van der Waals surface area contributed by atoms with Crippen molar-refractivity contribution in [3.8, 4) is 0 Å². The molecule has 0 saturated heterocycles. The predicted octanol–water partition coefficient (Wildman–Crippen LogP) is 3.18. The number of aromatic nitrogens is 2. The molecule has 1 atom stereocenters. The Morgan fingerprint density at radius 2 is 2.12 bits per heavy atom. The van der Waals surface area contributed by atoms with E-state index in [0.717, 1.165) is 16.9 Å². The van der Waals surface area contributed by atoms with Crippen molar-refractivity contribution in [1.82, 2.24) is 20.6 Å². The first-order valence-electron chi connectivity index (χ1n) is 8.66. The van der Waals surface area contributed by atoms with Gasteiger partial charge >= 0.3 is 0 Å². The topological polar surface area (TPSA) is 86.9 Å². The zero-order chi connectivity index (χ0) is 18.5. The minimum absolute atomic E-state index is 0.0302. The highest BCUT2D eigenvalue weighted by Crippen LogP contribution is 2.19. The van der Waals surface area contributed by atoms with E-state index in [1.54, 1.807) is 12.3 Å². The fraction of sp³-hybridized carbons (Fsp3) is 0.316. The first kappa shape index (κ1) is 18.1. The molecule has 3 N–H and O–H groups in total. The Bertz CT molecular complexity index is 915. The van der Waals surface area contributed by atoms with Gasteiger partial charge in [0.15, 0.2) is 0 Å². The summed E-state index contributed by atoms with van der Waals surface area (Å²) >= 11 is 1.38. The number of nitrogens with zero attached hydrogens (tertiary/aromatic N) is 1. The van der Waals surface area contributed by atoms with Crippen molar-refractivity contribution in [1.29, 1.82) is 0 Å². The minimum Gasteiger partial charge on any atom is -0.361 e. The Morgan fingerprint density at radius 3 is 2.92 bits per heavy atom. The molecule has 0 aliphatic heterocycles. The molecular formula is C19H22N4O2S. The standard InChI is InChI=1S/C19H22N4O2S/c1-3-17(24)22-12(2)19-23-16(11-26-19)18(25)20-9-8-13-10-21-15-7-5-4-6-14(13)15/h4-7,10-12,21H,3,8-9H2,1-2H3,(H,20,25)(H,22,24)/t12-/m0/s1. The summed E-state index contributed by atoms with van der Waals surface area (Å²) in [4.78, 5) is 31.3. The van der Waals surface area contributed by atoms with Gasteiger partial charge in [-0.2, -0.15) is 0 Å². The number of rotatable bonds is 7. The predicted molar refractivity (Wildman–Crippen MR) is 103 cm³/mol. The Balaban J connectivity index is 1.54. The van der Waals surface area contributed by atoms with Crippen LogP contribution in [0.2, 0.25) is 0 Å². The van der Waals surface area contributed by atoms with Crippen LogP contribution in [0.3, 0.4) is 0 Å². The van der Waals surface area contributed by atoms with E-state index < -0.39 is 0 Å². The number of H-pyrrole nitrogens is 1. The fourth-order valence-electron chi connectivity index (χ4n) is 2.74. The lowest BCUT2D eigenvalue weighted by Crippen LogP contribution is -2.27. The van der Waals surface area contributed by atoms with Crippen LogP contribution < -0.4 is 10.6 Å². The molecule has 0 bridgehead atoms. The maximum absolute atomic E-state index is 12.3. The van der Waals surface area contributed by atoms with Gasteiger partial charge in [0.1, 0.15) is 10.7 Å². The van der Waals surface area contributed by atoms with E-state index in [9.17, 15) is 9.59 Å². The van der Waals surface area contributed by atoms with Gasteiger partial charge in [-0.1, -0.05) is 25.1 Å². The average molecular weight is 370 g/mol. The van der Waals surface area contributed by atoms with Crippen LogP contribution in [0.25, 0.3) is 10.9 Å². The van der Waals surface area contributed by atoms with Gasteiger partial charge in [-0.05, 0) is 25.0 Å². The molecular weight excluding hydrogens is 348 g/mol. The summed E-state index contributed by atoms with van der Waals surface area (Å²) in [7, 11) is 0. The van der Waals surface area contributed by atoms with Crippen LogP contribution in [0.4, 0.5) is 0 Å². The summed E-state index contributed by atoms with van der Waals surface area (Å²) < 4.78 is 0. The maximum atomic E-state index is 12.3. The second kappa shape index (κ2) is 8.14. The van der Waals surface area contributed by atoms with Crippen molar-refractivity contribution < 1.29 is 9.59 Å². The number of aromatic amines is 1. The first-order chi connectivity index (χ1) is 12.6. The third kappa shape index (κ3) is 4.11. The molecule has 0 radical (unpaired) electrons. The Morgan fingerprint density at radius 1 is 1.31 bits per heavy atom. The van der Waals surface area contributed by atoms with E-state index in [1.165, 1.54) is 22.3 Å². The van der Waals surface area contributed by atoms with Crippen molar-refractivity contribution >= 4 is 34.1 Å². The number of thiazole rings is 1. The highest BCUT2D eigenvalue weighted by atomic mass is 32.1. The number of carbonyl (C=O) groups is 2. The molecule has 1 aromatic carbocycles. The van der Waals surface area contributed by atoms with Gasteiger partial charge in [-0.15, -0.1) is 11.3 Å². The molecule has 0 fully saturated rings. The quantitative estimate of drug-likeness (QED) is 0.597.